The van der Waals surface area contributed by atoms with E-state index < -0.39 is 51.1 Å². The quantitative estimate of drug-likeness (QED) is 0.594. The van der Waals surface area contributed by atoms with Crippen molar-refractivity contribution in [2.24, 2.45) is 17.8 Å². The number of alkyl halides is 4. The first-order chi connectivity index (χ1) is 11.5. The van der Waals surface area contributed by atoms with E-state index in [1.807, 2.05) is 0 Å². The lowest BCUT2D eigenvalue weighted by Crippen LogP contribution is -2.55. The lowest BCUT2D eigenvalue weighted by atomic mass is 9.81. The van der Waals surface area contributed by atoms with Crippen molar-refractivity contribution >= 4 is 10.1 Å². The van der Waals surface area contributed by atoms with E-state index in [2.05, 4.69) is 0 Å². The Balaban J connectivity index is 1.58. The molecule has 1 saturated heterocycles. The van der Waals surface area contributed by atoms with Gasteiger partial charge in [-0.25, -0.2) is 0 Å². The van der Waals surface area contributed by atoms with Gasteiger partial charge in [0.2, 0.25) is 0 Å². The van der Waals surface area contributed by atoms with E-state index >= 15 is 0 Å². The van der Waals surface area contributed by atoms with Gasteiger partial charge in [0.25, 0.3) is 0 Å². The van der Waals surface area contributed by atoms with Gasteiger partial charge in [0.05, 0.1) is 12.2 Å². The molecule has 2 bridgehead atoms. The fraction of sp³-hybridized carbons (Fsp3) is 1.00. The molecule has 5 atom stereocenters. The average molecular weight is 388 g/mol. The molecule has 0 aromatic heterocycles. The summed E-state index contributed by atoms with van der Waals surface area (Å²) in [6.07, 6.45) is 3.02. The van der Waals surface area contributed by atoms with Crippen molar-refractivity contribution in [1.82, 2.24) is 0 Å². The lowest BCUT2D eigenvalue weighted by molar-refractivity contribution is -0.219. The van der Waals surface area contributed by atoms with Crippen LogP contribution in [0, 0.1) is 17.8 Å². The van der Waals surface area contributed by atoms with Crippen LogP contribution in [0.1, 0.15) is 44.9 Å². The molecule has 0 radical (unpaired) electrons. The summed E-state index contributed by atoms with van der Waals surface area (Å²) < 4.78 is 98.4. The minimum Gasteiger partial charge on any atom is -0.344 e. The molecule has 0 aromatic rings. The maximum Gasteiger partial charge on any atom is 0.431 e. The van der Waals surface area contributed by atoms with Gasteiger partial charge >= 0.3 is 21.3 Å². The molecule has 4 fully saturated rings. The van der Waals surface area contributed by atoms with E-state index in [-0.39, 0.29) is 18.8 Å². The zero-order valence-electron chi connectivity index (χ0n) is 13.3. The number of halogens is 4. The van der Waals surface area contributed by atoms with Crippen LogP contribution in [-0.2, 0) is 19.6 Å². The number of hydrogen-bond acceptors (Lipinski definition) is 4. The smallest absolute Gasteiger partial charge is 0.344 e. The summed E-state index contributed by atoms with van der Waals surface area (Å²) in [4.78, 5) is 0. The number of rotatable bonds is 3. The fourth-order valence-corrected chi connectivity index (χ4v) is 5.72. The molecule has 4 rings (SSSR count). The zero-order valence-corrected chi connectivity index (χ0v) is 14.2. The molecule has 1 aliphatic heterocycles. The summed E-state index contributed by atoms with van der Waals surface area (Å²) in [5, 5.41) is -5.52. The van der Waals surface area contributed by atoms with Gasteiger partial charge in [-0.3, -0.25) is 4.55 Å². The monoisotopic (exact) mass is 388 g/mol. The Bertz CT molecular complexity index is 661. The van der Waals surface area contributed by atoms with Crippen LogP contribution in [0.25, 0.3) is 0 Å². The van der Waals surface area contributed by atoms with Gasteiger partial charge in [-0.1, -0.05) is 6.42 Å². The molecule has 1 spiro atoms. The van der Waals surface area contributed by atoms with E-state index in [0.717, 1.165) is 19.3 Å². The normalized spacial score (nSPS) is 40.6. The highest BCUT2D eigenvalue weighted by molar-refractivity contribution is 7.87. The highest BCUT2D eigenvalue weighted by Gasteiger charge is 2.75. The first-order valence-electron chi connectivity index (χ1n) is 8.57. The summed E-state index contributed by atoms with van der Waals surface area (Å²) in [6, 6.07) is 0. The highest BCUT2D eigenvalue weighted by atomic mass is 32.2. The van der Waals surface area contributed by atoms with Crippen LogP contribution in [0.15, 0.2) is 0 Å². The van der Waals surface area contributed by atoms with E-state index in [4.69, 9.17) is 14.0 Å². The van der Waals surface area contributed by atoms with Crippen molar-refractivity contribution in [1.29, 1.82) is 0 Å². The van der Waals surface area contributed by atoms with Crippen LogP contribution in [0.2, 0.25) is 0 Å². The van der Waals surface area contributed by atoms with E-state index in [1.54, 1.807) is 0 Å². The Kier molecular flexibility index (Phi) is 3.80. The maximum absolute atomic E-state index is 14.4. The summed E-state index contributed by atoms with van der Waals surface area (Å²) in [6.45, 7) is 0. The van der Waals surface area contributed by atoms with Crippen molar-refractivity contribution in [3.05, 3.63) is 0 Å². The Morgan fingerprint density at radius 2 is 1.56 bits per heavy atom. The first kappa shape index (κ1) is 17.9. The largest absolute Gasteiger partial charge is 0.431 e. The molecule has 5 nitrogen and oxygen atoms in total. The molecule has 1 heterocycles. The van der Waals surface area contributed by atoms with E-state index in [9.17, 15) is 26.0 Å². The van der Waals surface area contributed by atoms with Gasteiger partial charge < -0.3 is 9.47 Å². The van der Waals surface area contributed by atoms with Crippen LogP contribution in [-0.4, -0.2) is 42.1 Å². The van der Waals surface area contributed by atoms with Gasteiger partial charge in [0, 0.05) is 18.8 Å². The first-order valence-corrected chi connectivity index (χ1v) is 10.0. The third-order valence-electron chi connectivity index (χ3n) is 6.35. The SMILES string of the molecule is O=S(=O)(O)C(F)(F)C(F)(F)C1CC2CC1C1OC3(CCCCC3)OC21. The second-order valence-electron chi connectivity index (χ2n) is 7.75. The predicted molar refractivity (Wildman–Crippen MR) is 76.7 cm³/mol. The summed E-state index contributed by atoms with van der Waals surface area (Å²) in [5.41, 5.74) is 0. The van der Waals surface area contributed by atoms with Gasteiger partial charge in [-0.2, -0.15) is 26.0 Å². The van der Waals surface area contributed by atoms with Crippen molar-refractivity contribution in [3.8, 4) is 0 Å². The van der Waals surface area contributed by atoms with Crippen LogP contribution in [0.5, 0.6) is 0 Å². The standard InChI is InChI=1S/C15H20F4O5S/c16-14(17,15(18,19)25(20,21)22)10-7-8-6-9(10)12-11(8)23-13(24-12)4-2-1-3-5-13/h8-12H,1-7H2,(H,20,21,22). The van der Waals surface area contributed by atoms with Crippen molar-refractivity contribution < 1.29 is 40.0 Å². The Labute approximate surface area is 142 Å². The lowest BCUT2D eigenvalue weighted by Gasteiger charge is -2.37. The summed E-state index contributed by atoms with van der Waals surface area (Å²) in [5.74, 6) is -8.79. The van der Waals surface area contributed by atoms with Gasteiger partial charge in [0.1, 0.15) is 0 Å². The third-order valence-corrected chi connectivity index (χ3v) is 7.27. The maximum atomic E-state index is 14.4. The Morgan fingerprint density at radius 3 is 2.16 bits per heavy atom. The molecule has 144 valence electrons. The average Bonchev–Trinajstić information content (AvgIpc) is 3.16. The number of fused-ring (bicyclic) bond motifs is 5. The van der Waals surface area contributed by atoms with Gasteiger partial charge in [-0.15, -0.1) is 0 Å². The fourth-order valence-electron chi connectivity index (χ4n) is 5.23. The van der Waals surface area contributed by atoms with Crippen LogP contribution >= 0.6 is 0 Å². The highest BCUT2D eigenvalue weighted by Crippen LogP contribution is 2.62. The number of hydrogen-bond donors (Lipinski definition) is 1. The topological polar surface area (TPSA) is 72.8 Å². The number of ether oxygens (including phenoxy) is 2. The minimum absolute atomic E-state index is 0.243. The van der Waals surface area contributed by atoms with Crippen LogP contribution in [0.4, 0.5) is 17.6 Å². The molecule has 0 amide bonds. The second kappa shape index (κ2) is 5.30. The Morgan fingerprint density at radius 1 is 0.960 bits per heavy atom. The third kappa shape index (κ3) is 2.40. The van der Waals surface area contributed by atoms with Crippen LogP contribution < -0.4 is 0 Å². The molecule has 1 N–H and O–H groups in total. The predicted octanol–water partition coefficient (Wildman–Crippen LogP) is 3.20. The summed E-state index contributed by atoms with van der Waals surface area (Å²) in [7, 11) is -6.22. The molecule has 3 saturated carbocycles. The van der Waals surface area contributed by atoms with Gasteiger partial charge in [0.15, 0.2) is 5.79 Å². The van der Waals surface area contributed by atoms with Crippen molar-refractivity contribution in [3.63, 3.8) is 0 Å². The molecule has 0 aromatic carbocycles. The van der Waals surface area contributed by atoms with Crippen molar-refractivity contribution in [2.75, 3.05) is 0 Å². The summed E-state index contributed by atoms with van der Waals surface area (Å²) >= 11 is 0. The van der Waals surface area contributed by atoms with Crippen molar-refractivity contribution in [2.45, 2.75) is 74.1 Å². The van der Waals surface area contributed by atoms with Gasteiger partial charge in [-0.05, 0) is 37.5 Å². The molecular weight excluding hydrogens is 368 g/mol. The zero-order chi connectivity index (χ0) is 18.3. The van der Waals surface area contributed by atoms with E-state index in [0.29, 0.717) is 12.8 Å². The Hall–Kier alpha value is -0.450. The molecule has 4 aliphatic rings. The van der Waals surface area contributed by atoms with E-state index in [1.165, 1.54) is 0 Å². The second-order valence-corrected chi connectivity index (χ2v) is 9.22. The molecule has 25 heavy (non-hydrogen) atoms. The molecule has 5 unspecified atom stereocenters. The molecular formula is C15H20F4O5S. The molecule has 10 heteroatoms. The van der Waals surface area contributed by atoms with Crippen LogP contribution in [0.3, 0.4) is 0 Å². The molecule has 3 aliphatic carbocycles. The minimum atomic E-state index is -6.22.